The van der Waals surface area contributed by atoms with Crippen molar-refractivity contribution in [2.45, 2.75) is 12.1 Å². The maximum Gasteiger partial charge on any atom is 0.455 e. The van der Waals surface area contributed by atoms with Gasteiger partial charge in [0.1, 0.15) is 6.61 Å². The smallest absolute Gasteiger partial charge is 0.238 e. The number of rotatable bonds is 3. The van der Waals surface area contributed by atoms with Crippen LogP contribution in [0.1, 0.15) is 0 Å². The van der Waals surface area contributed by atoms with Crippen molar-refractivity contribution < 1.29 is 38.4 Å². The van der Waals surface area contributed by atoms with E-state index in [2.05, 4.69) is 4.18 Å². The van der Waals surface area contributed by atoms with Crippen molar-refractivity contribution >= 4 is 10.5 Å². The molecule has 0 atom stereocenters. The van der Waals surface area contributed by atoms with E-state index >= 15 is 0 Å². The van der Waals surface area contributed by atoms with Gasteiger partial charge in [-0.25, -0.2) is 4.18 Å². The Morgan fingerprint density at radius 1 is 1.08 bits per heavy atom. The van der Waals surface area contributed by atoms with Gasteiger partial charge in [-0.15, -0.1) is 0 Å². The third kappa shape index (κ3) is 4.31. The van der Waals surface area contributed by atoms with Gasteiger partial charge in [0.05, 0.1) is 0 Å². The highest BCUT2D eigenvalue weighted by atomic mass is 32.3. The van der Waals surface area contributed by atoms with Crippen molar-refractivity contribution in [1.29, 1.82) is 0 Å². The Morgan fingerprint density at radius 2 is 1.46 bits per heavy atom. The van der Waals surface area contributed by atoms with E-state index in [9.17, 15) is 34.3 Å². The second-order valence-corrected chi connectivity index (χ2v) is 2.88. The van der Waals surface area contributed by atoms with Gasteiger partial charge in [0.2, 0.25) is 0 Å². The second kappa shape index (κ2) is 3.33. The summed E-state index contributed by atoms with van der Waals surface area (Å²) in [5.41, 5.74) is 0. The molecule has 0 saturated heterocycles. The first-order chi connectivity index (χ1) is 5.46. The molecule has 0 amide bonds. The van der Waals surface area contributed by atoms with Crippen LogP contribution in [0.3, 0.4) is 0 Å². The molecule has 0 aliphatic rings. The van der Waals surface area contributed by atoms with Crippen molar-refractivity contribution in [3.8, 4) is 0 Å². The second-order valence-electron chi connectivity index (χ2n) is 1.86. The van der Waals surface area contributed by atoms with E-state index in [0.29, 0.717) is 0 Å². The van der Waals surface area contributed by atoms with Gasteiger partial charge < -0.3 is 0 Å². The van der Waals surface area contributed by atoms with E-state index in [1.807, 2.05) is 0 Å². The number of hydrogen-bond donors (Lipinski definition) is 0. The van der Waals surface area contributed by atoms with Crippen LogP contribution in [0.4, 0.5) is 25.8 Å². The number of hydrogen-bond acceptors (Lipinski definition) is 3. The van der Waals surface area contributed by atoms with Crippen LogP contribution in [0.5, 0.6) is 0 Å². The van der Waals surface area contributed by atoms with E-state index in [4.69, 9.17) is 0 Å². The molecule has 80 valence electrons. The van der Waals surface area contributed by atoms with Gasteiger partial charge >= 0.3 is 22.6 Å². The van der Waals surface area contributed by atoms with Crippen LogP contribution in [0.15, 0.2) is 0 Å². The average Bonchev–Trinajstić information content (AvgIpc) is 1.79. The van der Waals surface area contributed by atoms with Crippen LogP contribution in [0.2, 0.25) is 0 Å². The molecule has 0 aliphatic heterocycles. The lowest BCUT2D eigenvalue weighted by atomic mass is 10.3. The summed E-state index contributed by atoms with van der Waals surface area (Å²) in [5.74, 6) is -5.40. The lowest BCUT2D eigenvalue weighted by Gasteiger charge is -2.17. The Kier molecular flexibility index (Phi) is 3.20. The molecule has 0 heterocycles. The van der Waals surface area contributed by atoms with Crippen LogP contribution in [0.25, 0.3) is 0 Å². The molecule has 0 saturated carbocycles. The summed E-state index contributed by atoms with van der Waals surface area (Å²) in [6, 6.07) is 0. The van der Waals surface area contributed by atoms with Gasteiger partial charge in [-0.3, -0.25) is 0 Å². The molecule has 0 radical (unpaired) electrons. The predicted octanol–water partition coefficient (Wildman–Crippen LogP) is 1.41. The highest BCUT2D eigenvalue weighted by molar-refractivity contribution is 7.81. The first-order valence-electron chi connectivity index (χ1n) is 2.49. The Hall–Kier alpha value is -0.510. The SMILES string of the molecule is O=S(=O)(F)OCC(F)(F)C(F)(F)F. The van der Waals surface area contributed by atoms with Crippen molar-refractivity contribution in [1.82, 2.24) is 0 Å². The normalized spacial score (nSPS) is 14.6. The molecule has 0 bridgehead atoms. The molecule has 0 N–H and O–H groups in total. The topological polar surface area (TPSA) is 43.4 Å². The summed E-state index contributed by atoms with van der Waals surface area (Å²) in [6.45, 7) is -2.60. The first-order valence-corrected chi connectivity index (χ1v) is 3.80. The fraction of sp³-hybridized carbons (Fsp3) is 1.00. The zero-order valence-corrected chi connectivity index (χ0v) is 6.42. The molecule has 0 aromatic heterocycles. The number of alkyl halides is 5. The Balaban J connectivity index is 4.38. The van der Waals surface area contributed by atoms with Gasteiger partial charge in [0.15, 0.2) is 0 Å². The molecule has 0 rings (SSSR count). The fourth-order valence-electron chi connectivity index (χ4n) is 0.226. The van der Waals surface area contributed by atoms with E-state index in [1.54, 1.807) is 0 Å². The fourth-order valence-corrected chi connectivity index (χ4v) is 0.515. The first kappa shape index (κ1) is 12.5. The van der Waals surface area contributed by atoms with E-state index in [0.717, 1.165) is 0 Å². The Morgan fingerprint density at radius 3 is 1.69 bits per heavy atom. The number of halogens is 6. The molecule has 0 unspecified atom stereocenters. The molecule has 0 aliphatic carbocycles. The van der Waals surface area contributed by atoms with Crippen molar-refractivity contribution in [2.75, 3.05) is 6.61 Å². The summed E-state index contributed by atoms with van der Waals surface area (Å²) in [6.07, 6.45) is -5.97. The summed E-state index contributed by atoms with van der Waals surface area (Å²) < 4.78 is 90.2. The highest BCUT2D eigenvalue weighted by Gasteiger charge is 2.58. The molecular formula is C3H2F6O3S. The van der Waals surface area contributed by atoms with Gasteiger partial charge in [0, 0.05) is 0 Å². The summed E-state index contributed by atoms with van der Waals surface area (Å²) in [5, 5.41) is 0. The molecule has 13 heavy (non-hydrogen) atoms. The zero-order valence-electron chi connectivity index (χ0n) is 5.61. The molecule has 0 aromatic carbocycles. The summed E-state index contributed by atoms with van der Waals surface area (Å²) >= 11 is 0. The van der Waals surface area contributed by atoms with E-state index < -0.39 is 29.2 Å². The Labute approximate surface area is 68.7 Å². The minimum Gasteiger partial charge on any atom is -0.238 e. The summed E-state index contributed by atoms with van der Waals surface area (Å²) in [4.78, 5) is 0. The lowest BCUT2D eigenvalue weighted by molar-refractivity contribution is -0.289. The Bertz CT molecular complexity index is 265. The zero-order chi connectivity index (χ0) is 10.9. The summed E-state index contributed by atoms with van der Waals surface area (Å²) in [7, 11) is -5.80. The van der Waals surface area contributed by atoms with Crippen LogP contribution in [-0.4, -0.2) is 27.1 Å². The molecule has 0 aromatic rings. The largest absolute Gasteiger partial charge is 0.455 e. The van der Waals surface area contributed by atoms with Gasteiger partial charge in [-0.1, -0.05) is 3.89 Å². The van der Waals surface area contributed by atoms with Crippen molar-refractivity contribution in [3.05, 3.63) is 0 Å². The van der Waals surface area contributed by atoms with Crippen LogP contribution < -0.4 is 0 Å². The van der Waals surface area contributed by atoms with Gasteiger partial charge in [0.25, 0.3) is 0 Å². The van der Waals surface area contributed by atoms with Crippen LogP contribution >= 0.6 is 0 Å². The standard InChI is InChI=1S/C3H2F6O3S/c4-2(5,3(6,7)8)1-12-13(9,10)11/h1H2. The minimum atomic E-state index is -5.97. The lowest BCUT2D eigenvalue weighted by Crippen LogP contribution is -2.41. The van der Waals surface area contributed by atoms with E-state index in [-0.39, 0.29) is 0 Å². The molecule has 0 spiro atoms. The van der Waals surface area contributed by atoms with E-state index in [1.165, 1.54) is 0 Å². The minimum absolute atomic E-state index is 2.60. The molecule has 0 fully saturated rings. The maximum atomic E-state index is 11.8. The predicted molar refractivity (Wildman–Crippen MR) is 27.0 cm³/mol. The van der Waals surface area contributed by atoms with Crippen LogP contribution in [-0.2, 0) is 14.7 Å². The third-order valence-electron chi connectivity index (χ3n) is 0.796. The monoisotopic (exact) mass is 232 g/mol. The van der Waals surface area contributed by atoms with Crippen molar-refractivity contribution in [3.63, 3.8) is 0 Å². The third-order valence-corrected chi connectivity index (χ3v) is 1.20. The molecular weight excluding hydrogens is 230 g/mol. The van der Waals surface area contributed by atoms with Crippen molar-refractivity contribution in [2.24, 2.45) is 0 Å². The average molecular weight is 232 g/mol. The van der Waals surface area contributed by atoms with Gasteiger partial charge in [-0.05, 0) is 0 Å². The van der Waals surface area contributed by atoms with Crippen LogP contribution in [0, 0.1) is 0 Å². The quantitative estimate of drug-likeness (QED) is 0.545. The maximum absolute atomic E-state index is 11.8. The van der Waals surface area contributed by atoms with Gasteiger partial charge in [-0.2, -0.15) is 30.4 Å². The molecule has 3 nitrogen and oxygen atoms in total. The molecule has 10 heteroatoms. The highest BCUT2D eigenvalue weighted by Crippen LogP contribution is 2.35.